The second-order valence-corrected chi connectivity index (χ2v) is 18.8. The maximum Gasteiger partial charge on any atom is 0.501 e. The van der Waals surface area contributed by atoms with Crippen LogP contribution in [0.2, 0.25) is 0 Å². The van der Waals surface area contributed by atoms with Gasteiger partial charge < -0.3 is 23.7 Å². The molecular formula is C53H49F3O7S2. The Morgan fingerprint density at radius 1 is 0.554 bits per heavy atom. The highest BCUT2D eigenvalue weighted by Gasteiger charge is 2.53. The molecule has 0 amide bonds. The van der Waals surface area contributed by atoms with Gasteiger partial charge in [-0.15, -0.1) is 11.3 Å². The monoisotopic (exact) mass is 918 g/mol. The maximum absolute atomic E-state index is 14.9. The first kappa shape index (κ1) is 46.1. The Morgan fingerprint density at radius 2 is 1.03 bits per heavy atom. The van der Waals surface area contributed by atoms with E-state index in [-0.39, 0.29) is 44.5 Å². The van der Waals surface area contributed by atoms with Crippen LogP contribution in [0.1, 0.15) is 55.8 Å². The molecule has 7 nitrogen and oxygen atoms in total. The van der Waals surface area contributed by atoms with Gasteiger partial charge in [0.2, 0.25) is 0 Å². The molecule has 0 N–H and O–H groups in total. The van der Waals surface area contributed by atoms with Crippen molar-refractivity contribution in [2.45, 2.75) is 79.7 Å². The summed E-state index contributed by atoms with van der Waals surface area (Å²) in [6.45, 7) is 0.345. The molecule has 1 aliphatic heterocycles. The zero-order chi connectivity index (χ0) is 45.1. The van der Waals surface area contributed by atoms with Crippen molar-refractivity contribution in [1.29, 1.82) is 0 Å². The predicted octanol–water partition coefficient (Wildman–Crippen LogP) is 11.8. The summed E-state index contributed by atoms with van der Waals surface area (Å²) in [4.78, 5) is 0.0319. The average molecular weight is 919 g/mol. The molecule has 2 heterocycles. The highest BCUT2D eigenvalue weighted by Crippen LogP contribution is 2.45. The van der Waals surface area contributed by atoms with E-state index in [0.717, 1.165) is 38.8 Å². The largest absolute Gasteiger partial charge is 0.501 e. The summed E-state index contributed by atoms with van der Waals surface area (Å²) in [5.74, 6) is -0.344. The van der Waals surface area contributed by atoms with Crippen LogP contribution in [0.15, 0.2) is 192 Å². The summed E-state index contributed by atoms with van der Waals surface area (Å²) in [5.41, 5.74) is -0.842. The van der Waals surface area contributed by atoms with Gasteiger partial charge in [0.1, 0.15) is 30.5 Å². The fraction of sp³-hybridized carbons (Fsp3) is 0.245. The third-order valence-electron chi connectivity index (χ3n) is 11.4. The predicted molar refractivity (Wildman–Crippen MR) is 245 cm³/mol. The van der Waals surface area contributed by atoms with Gasteiger partial charge in [-0.1, -0.05) is 170 Å². The summed E-state index contributed by atoms with van der Waals surface area (Å²) in [6.07, 6.45) is -5.03. The number of hydrogen-bond acceptors (Lipinski definition) is 8. The van der Waals surface area contributed by atoms with Crippen LogP contribution in [0.5, 0.6) is 0 Å². The Balaban J connectivity index is 1.29. The number of benzene rings is 6. The maximum atomic E-state index is 14.9. The van der Waals surface area contributed by atoms with Crippen molar-refractivity contribution in [3.8, 4) is 0 Å². The molecule has 6 atom stereocenters. The number of rotatable bonds is 19. The Bertz CT molecular complexity index is 2620. The van der Waals surface area contributed by atoms with Crippen molar-refractivity contribution in [3.05, 3.63) is 231 Å². The molecule has 1 fully saturated rings. The van der Waals surface area contributed by atoms with E-state index in [4.69, 9.17) is 23.7 Å². The quantitative estimate of drug-likeness (QED) is 0.0799. The van der Waals surface area contributed by atoms with Crippen LogP contribution in [0.4, 0.5) is 13.2 Å². The molecule has 8 rings (SSSR count). The van der Waals surface area contributed by atoms with Crippen LogP contribution in [-0.2, 0) is 66.4 Å². The average Bonchev–Trinajstić information content (AvgIpc) is 3.88. The summed E-state index contributed by atoms with van der Waals surface area (Å²) < 4.78 is 106. The van der Waals surface area contributed by atoms with E-state index >= 15 is 0 Å². The molecule has 12 heteroatoms. The third-order valence-corrected chi connectivity index (χ3v) is 13.9. The zero-order valence-corrected chi connectivity index (χ0v) is 37.0. The van der Waals surface area contributed by atoms with Gasteiger partial charge in [-0.25, -0.2) is 8.42 Å². The minimum atomic E-state index is -5.94. The smallest absolute Gasteiger partial charge is 0.374 e. The highest BCUT2D eigenvalue weighted by atomic mass is 32.2. The molecule has 0 spiro atoms. The fourth-order valence-electron chi connectivity index (χ4n) is 8.14. The molecule has 65 heavy (non-hydrogen) atoms. The van der Waals surface area contributed by atoms with Gasteiger partial charge in [-0.2, -0.15) is 13.2 Å². The van der Waals surface area contributed by atoms with Crippen molar-refractivity contribution >= 4 is 21.2 Å². The molecule has 336 valence electrons. The summed E-state index contributed by atoms with van der Waals surface area (Å²) in [6, 6.07) is 55.7. The van der Waals surface area contributed by atoms with Gasteiger partial charge in [-0.3, -0.25) is 0 Å². The van der Waals surface area contributed by atoms with E-state index < -0.39 is 50.8 Å². The molecule has 7 aromatic rings. The lowest BCUT2D eigenvalue weighted by molar-refractivity contribution is -0.275. The Hall–Kier alpha value is -5.44. The van der Waals surface area contributed by atoms with Crippen molar-refractivity contribution in [3.63, 3.8) is 0 Å². The molecule has 1 unspecified atom stereocenters. The molecule has 0 saturated carbocycles. The second kappa shape index (κ2) is 21.7. The minimum absolute atomic E-state index is 0.00398. The first-order valence-electron chi connectivity index (χ1n) is 21.4. The number of hydrogen-bond donors (Lipinski definition) is 0. The lowest BCUT2D eigenvalue weighted by Crippen LogP contribution is -2.58. The van der Waals surface area contributed by atoms with Crippen LogP contribution in [0, 0.1) is 0 Å². The number of thiophene rings is 1. The molecule has 0 bridgehead atoms. The molecule has 1 aliphatic rings. The number of ether oxygens (including phenoxy) is 5. The van der Waals surface area contributed by atoms with E-state index in [1.54, 1.807) is 6.07 Å². The van der Waals surface area contributed by atoms with E-state index in [0.29, 0.717) is 12.0 Å². The zero-order valence-electron chi connectivity index (χ0n) is 35.4. The number of halogens is 3. The highest BCUT2D eigenvalue weighted by molar-refractivity contribution is 7.92. The lowest BCUT2D eigenvalue weighted by Gasteiger charge is -2.47. The van der Waals surface area contributed by atoms with Crippen LogP contribution >= 0.6 is 11.3 Å². The Kier molecular flexibility index (Phi) is 15.4. The minimum Gasteiger partial charge on any atom is -0.374 e. The van der Waals surface area contributed by atoms with E-state index in [9.17, 15) is 21.6 Å². The third kappa shape index (κ3) is 11.7. The van der Waals surface area contributed by atoms with Crippen LogP contribution in [0.25, 0.3) is 0 Å². The molecule has 0 aliphatic carbocycles. The van der Waals surface area contributed by atoms with E-state index in [1.807, 2.05) is 169 Å². The van der Waals surface area contributed by atoms with Gasteiger partial charge in [0.05, 0.1) is 37.9 Å². The lowest BCUT2D eigenvalue weighted by atomic mass is 9.86. The van der Waals surface area contributed by atoms with Crippen molar-refractivity contribution < 1.29 is 45.3 Å². The fourth-order valence-corrected chi connectivity index (χ4v) is 9.97. The number of sulfone groups is 1. The Labute approximate surface area is 382 Å². The molecule has 1 aromatic heterocycles. The van der Waals surface area contributed by atoms with Crippen LogP contribution < -0.4 is 0 Å². The molecule has 6 aromatic carbocycles. The van der Waals surface area contributed by atoms with E-state index in [1.165, 1.54) is 17.4 Å². The van der Waals surface area contributed by atoms with E-state index in [2.05, 4.69) is 0 Å². The normalized spacial score (nSPS) is 19.5. The van der Waals surface area contributed by atoms with Gasteiger partial charge in [0.25, 0.3) is 9.84 Å². The summed E-state index contributed by atoms with van der Waals surface area (Å²) in [7, 11) is -5.94. The van der Waals surface area contributed by atoms with Gasteiger partial charge >= 0.3 is 5.51 Å². The SMILES string of the molecule is O=S(=O)(c1ccc(C(Cc2ccccc2)c2cccs2)cc1[C@@H]1O[C@H](COCc2ccccc2)[C@@H](OCc2ccccc2)[C@H](OCc2ccccc2)[C@H]1OCc1ccccc1)C(F)(F)F. The molecule has 0 radical (unpaired) electrons. The topological polar surface area (TPSA) is 80.3 Å². The second-order valence-electron chi connectivity index (χ2n) is 15.9. The van der Waals surface area contributed by atoms with Gasteiger partial charge in [0.15, 0.2) is 0 Å². The first-order valence-corrected chi connectivity index (χ1v) is 23.8. The van der Waals surface area contributed by atoms with Gasteiger partial charge in [-0.05, 0) is 57.3 Å². The standard InChI is InChI=1S/C53H49F3O7S2/c54-53(55,56)65(57,58)48-29-28-43(44(47-27-16-30-64-47)31-38-17-6-1-7-18-38)32-45(48)49-51(61-35-41-23-12-4-13-24-41)52(62-36-42-25-14-5-15-26-42)50(60-34-40-21-10-3-11-22-40)46(63-49)37-59-33-39-19-8-2-9-20-39/h1-30,32,44,46,49-52H,31,33-37H2/t44?,46-,49+,50-,51+,52+/m1/s1. The summed E-state index contributed by atoms with van der Waals surface area (Å²) >= 11 is 1.52. The van der Waals surface area contributed by atoms with Gasteiger partial charge in [0, 0.05) is 16.4 Å². The summed E-state index contributed by atoms with van der Waals surface area (Å²) in [5, 5.41) is 1.94. The molecular weight excluding hydrogens is 870 g/mol. The Morgan fingerprint density at radius 3 is 1.52 bits per heavy atom. The van der Waals surface area contributed by atoms with Crippen molar-refractivity contribution in [1.82, 2.24) is 0 Å². The van der Waals surface area contributed by atoms with Crippen molar-refractivity contribution in [2.24, 2.45) is 0 Å². The number of alkyl halides is 3. The molecule has 1 saturated heterocycles. The van der Waals surface area contributed by atoms with Crippen molar-refractivity contribution in [2.75, 3.05) is 6.61 Å². The first-order chi connectivity index (χ1) is 31.6. The van der Waals surface area contributed by atoms with Crippen LogP contribution in [-0.4, -0.2) is 44.9 Å². The van der Waals surface area contributed by atoms with Crippen LogP contribution in [0.3, 0.4) is 0 Å².